The van der Waals surface area contributed by atoms with Gasteiger partial charge in [-0.3, -0.25) is 14.4 Å². The van der Waals surface area contributed by atoms with Crippen molar-refractivity contribution in [2.24, 2.45) is 0 Å². The molecule has 0 radical (unpaired) electrons. The third kappa shape index (κ3) is 3.49. The lowest BCUT2D eigenvalue weighted by atomic mass is 9.81. The smallest absolute Gasteiger partial charge is 0.290 e. The number of ether oxygens (including phenoxy) is 1. The quantitative estimate of drug-likeness (QED) is 0.465. The van der Waals surface area contributed by atoms with Crippen LogP contribution in [0.2, 0.25) is 0 Å². The SMILES string of the molecule is CCN1C(=O)[C@]2(C(C(=O)c3cc4ccccc4o3)=C(O)C(=O)N2CCC[NH+]2CCOCC2)c2ccccc21. The molecule has 0 saturated carbocycles. The van der Waals surface area contributed by atoms with E-state index in [2.05, 4.69) is 0 Å². The molecule has 1 atom stereocenters. The van der Waals surface area contributed by atoms with Crippen molar-refractivity contribution in [3.63, 3.8) is 0 Å². The van der Waals surface area contributed by atoms with E-state index >= 15 is 0 Å². The molecule has 1 saturated heterocycles. The fourth-order valence-electron chi connectivity index (χ4n) is 6.10. The first-order valence-corrected chi connectivity index (χ1v) is 13.1. The van der Waals surface area contributed by atoms with Gasteiger partial charge >= 0.3 is 0 Å². The molecule has 3 aliphatic rings. The lowest BCUT2D eigenvalue weighted by Gasteiger charge is -2.36. The number of hydrogen-bond donors (Lipinski definition) is 2. The number of quaternary nitrogens is 1. The highest BCUT2D eigenvalue weighted by atomic mass is 16.5. The Hall–Kier alpha value is -3.95. The van der Waals surface area contributed by atoms with E-state index < -0.39 is 28.9 Å². The average Bonchev–Trinajstić information content (AvgIpc) is 3.55. The van der Waals surface area contributed by atoms with Crippen LogP contribution in [0.25, 0.3) is 11.0 Å². The number of amides is 2. The zero-order valence-electron chi connectivity index (χ0n) is 21.2. The minimum atomic E-state index is -1.76. The van der Waals surface area contributed by atoms with E-state index in [1.807, 2.05) is 31.2 Å². The average molecular weight is 517 g/mol. The summed E-state index contributed by atoms with van der Waals surface area (Å²) in [4.78, 5) is 46.3. The molecule has 1 fully saturated rings. The Balaban J connectivity index is 1.45. The Morgan fingerprint density at radius 1 is 1.08 bits per heavy atom. The van der Waals surface area contributed by atoms with Crippen LogP contribution in [-0.2, 0) is 19.9 Å². The van der Waals surface area contributed by atoms with Gasteiger partial charge in [0.25, 0.3) is 11.8 Å². The highest BCUT2D eigenvalue weighted by Crippen LogP contribution is 2.53. The Kier molecular flexibility index (Phi) is 6.04. The first kappa shape index (κ1) is 24.4. The molecule has 196 valence electrons. The van der Waals surface area contributed by atoms with Crippen molar-refractivity contribution in [2.45, 2.75) is 18.9 Å². The van der Waals surface area contributed by atoms with E-state index in [0.29, 0.717) is 48.4 Å². The number of morpholine rings is 1. The maximum absolute atomic E-state index is 14.3. The molecule has 38 heavy (non-hydrogen) atoms. The van der Waals surface area contributed by atoms with Gasteiger partial charge in [-0.05, 0) is 25.1 Å². The van der Waals surface area contributed by atoms with Gasteiger partial charge in [0.2, 0.25) is 5.78 Å². The molecule has 3 aromatic rings. The monoisotopic (exact) mass is 516 g/mol. The van der Waals surface area contributed by atoms with Crippen molar-refractivity contribution in [1.29, 1.82) is 0 Å². The number of hydrogen-bond acceptors (Lipinski definition) is 6. The van der Waals surface area contributed by atoms with Crippen LogP contribution in [0.3, 0.4) is 0 Å². The molecular formula is C29H30N3O6+. The standard InChI is InChI=1S/C29H29N3O6/c1-2-31-21-10-5-4-9-20(21)29(28(31)36)24(25(33)23-18-19-8-3-6-11-22(19)38-23)26(34)27(35)32(29)13-7-12-30-14-16-37-17-15-30/h3-6,8-11,18,34H,2,7,12-17H2,1H3/p+1/t29-/m1/s1. The van der Waals surface area contributed by atoms with Crippen molar-refractivity contribution in [2.75, 3.05) is 50.8 Å². The van der Waals surface area contributed by atoms with Crippen LogP contribution in [-0.4, -0.2) is 73.5 Å². The Labute approximate surface area is 219 Å². The summed E-state index contributed by atoms with van der Waals surface area (Å²) in [6.45, 7) is 6.33. The minimum absolute atomic E-state index is 0.0280. The molecule has 2 aromatic carbocycles. The van der Waals surface area contributed by atoms with Gasteiger partial charge in [-0.1, -0.05) is 36.4 Å². The van der Waals surface area contributed by atoms with Crippen molar-refractivity contribution in [1.82, 2.24) is 4.90 Å². The number of para-hydroxylation sites is 2. The first-order valence-electron chi connectivity index (χ1n) is 13.1. The van der Waals surface area contributed by atoms with Crippen LogP contribution in [0.15, 0.2) is 70.3 Å². The fraction of sp³-hybridized carbons (Fsp3) is 0.345. The van der Waals surface area contributed by atoms with E-state index in [0.717, 1.165) is 19.6 Å². The molecule has 0 aliphatic carbocycles. The molecule has 3 aliphatic heterocycles. The van der Waals surface area contributed by atoms with Crippen LogP contribution in [0, 0.1) is 0 Å². The van der Waals surface area contributed by atoms with Crippen molar-refractivity contribution in [3.8, 4) is 0 Å². The topological polar surface area (TPSA) is 105 Å². The number of likely N-dealkylation sites (N-methyl/N-ethyl adjacent to an activating group) is 1. The summed E-state index contributed by atoms with van der Waals surface area (Å²) < 4.78 is 11.3. The first-order chi connectivity index (χ1) is 18.5. The Bertz CT molecular complexity index is 1440. The fourth-order valence-corrected chi connectivity index (χ4v) is 6.10. The number of carbonyl (C=O) groups is 3. The van der Waals surface area contributed by atoms with Crippen molar-refractivity contribution in [3.05, 3.63) is 77.3 Å². The van der Waals surface area contributed by atoms with Crippen LogP contribution in [0.1, 0.15) is 29.5 Å². The maximum atomic E-state index is 14.3. The number of benzene rings is 2. The summed E-state index contributed by atoms with van der Waals surface area (Å²) in [5.41, 5.74) is -0.352. The van der Waals surface area contributed by atoms with Gasteiger partial charge in [0.1, 0.15) is 18.7 Å². The lowest BCUT2D eigenvalue weighted by molar-refractivity contribution is -0.908. The molecule has 0 bridgehead atoms. The molecule has 9 heteroatoms. The number of aliphatic hydroxyl groups is 1. The third-order valence-corrected chi connectivity index (χ3v) is 7.90. The maximum Gasteiger partial charge on any atom is 0.290 e. The predicted molar refractivity (Wildman–Crippen MR) is 139 cm³/mol. The van der Waals surface area contributed by atoms with Crippen molar-refractivity contribution < 1.29 is 33.5 Å². The lowest BCUT2D eigenvalue weighted by Crippen LogP contribution is -3.14. The largest absolute Gasteiger partial charge is 0.503 e. The molecule has 4 heterocycles. The van der Waals surface area contributed by atoms with Crippen molar-refractivity contribution >= 4 is 34.3 Å². The number of aliphatic hydroxyl groups excluding tert-OH is 1. The number of ketones is 1. The number of anilines is 1. The minimum Gasteiger partial charge on any atom is -0.503 e. The van der Waals surface area contributed by atoms with E-state index in [1.54, 1.807) is 35.2 Å². The molecule has 2 N–H and O–H groups in total. The van der Waals surface area contributed by atoms with Gasteiger partial charge < -0.3 is 29.0 Å². The second-order valence-corrected chi connectivity index (χ2v) is 9.90. The summed E-state index contributed by atoms with van der Waals surface area (Å²) >= 11 is 0. The van der Waals surface area contributed by atoms with Crippen LogP contribution < -0.4 is 9.80 Å². The molecule has 1 spiro atoms. The van der Waals surface area contributed by atoms with E-state index in [-0.39, 0.29) is 17.9 Å². The second-order valence-electron chi connectivity index (χ2n) is 9.90. The van der Waals surface area contributed by atoms with Crippen LogP contribution in [0.5, 0.6) is 0 Å². The van der Waals surface area contributed by atoms with E-state index in [4.69, 9.17) is 9.15 Å². The molecule has 2 amide bonds. The summed E-state index contributed by atoms with van der Waals surface area (Å²) in [6, 6.07) is 15.9. The Morgan fingerprint density at radius 2 is 1.82 bits per heavy atom. The molecule has 9 nitrogen and oxygen atoms in total. The number of carbonyl (C=O) groups excluding carboxylic acids is 3. The van der Waals surface area contributed by atoms with Gasteiger partial charge in [0.05, 0.1) is 31.0 Å². The zero-order chi connectivity index (χ0) is 26.4. The summed E-state index contributed by atoms with van der Waals surface area (Å²) in [6.07, 6.45) is 0.601. The van der Waals surface area contributed by atoms with Crippen LogP contribution >= 0.6 is 0 Å². The number of nitrogens with zero attached hydrogens (tertiary/aromatic N) is 2. The number of nitrogens with one attached hydrogen (secondary N) is 1. The van der Waals surface area contributed by atoms with E-state index in [1.165, 1.54) is 9.80 Å². The summed E-state index contributed by atoms with van der Waals surface area (Å²) in [5.74, 6) is -2.54. The van der Waals surface area contributed by atoms with Gasteiger partial charge in [0.15, 0.2) is 17.1 Å². The van der Waals surface area contributed by atoms with Gasteiger partial charge in [-0.25, -0.2) is 0 Å². The predicted octanol–water partition coefficient (Wildman–Crippen LogP) is 1.84. The highest BCUT2D eigenvalue weighted by Gasteiger charge is 2.65. The summed E-state index contributed by atoms with van der Waals surface area (Å²) in [7, 11) is 0. The van der Waals surface area contributed by atoms with E-state index in [9.17, 15) is 19.5 Å². The van der Waals surface area contributed by atoms with Gasteiger partial charge in [-0.2, -0.15) is 0 Å². The Morgan fingerprint density at radius 3 is 2.58 bits per heavy atom. The van der Waals surface area contributed by atoms with Crippen LogP contribution in [0.4, 0.5) is 5.69 Å². The highest BCUT2D eigenvalue weighted by molar-refractivity contribution is 6.26. The third-order valence-electron chi connectivity index (χ3n) is 7.90. The van der Waals surface area contributed by atoms with Gasteiger partial charge in [-0.15, -0.1) is 0 Å². The van der Waals surface area contributed by atoms with Gasteiger partial charge in [0, 0.05) is 30.5 Å². The molecule has 1 aromatic heterocycles. The molecule has 0 unspecified atom stereocenters. The number of fused-ring (bicyclic) bond motifs is 3. The number of rotatable bonds is 7. The number of furan rings is 1. The zero-order valence-corrected chi connectivity index (χ0v) is 21.2. The molecule has 6 rings (SSSR count). The summed E-state index contributed by atoms with van der Waals surface area (Å²) in [5, 5.41) is 12.0. The number of Topliss-reactive ketones (excluding diaryl/α,β-unsaturated/α-hetero) is 1. The second kappa shape index (κ2) is 9.41. The molecular weight excluding hydrogens is 486 g/mol. The normalized spacial score (nSPS) is 21.8.